The Morgan fingerprint density at radius 2 is 1.71 bits per heavy atom. The van der Waals surface area contributed by atoms with Gasteiger partial charge in [-0.25, -0.2) is 4.79 Å². The maximum Gasteiger partial charge on any atom is 0.410 e. The summed E-state index contributed by atoms with van der Waals surface area (Å²) in [6.07, 6.45) is 1.87. The molecule has 0 spiro atoms. The van der Waals surface area contributed by atoms with Crippen LogP contribution >= 0.6 is 24.0 Å². The van der Waals surface area contributed by atoms with Crippen LogP contribution in [0.2, 0.25) is 0 Å². The van der Waals surface area contributed by atoms with E-state index >= 15 is 0 Å². The molecule has 184 valence electrons. The number of likely N-dealkylation sites (N-methyl/N-ethyl adjacent to an activating group) is 1. The van der Waals surface area contributed by atoms with Gasteiger partial charge in [-0.3, -0.25) is 9.89 Å². The van der Waals surface area contributed by atoms with Gasteiger partial charge in [0.05, 0.1) is 0 Å². The zero-order chi connectivity index (χ0) is 22.4. The minimum atomic E-state index is -0.439. The lowest BCUT2D eigenvalue weighted by molar-refractivity contribution is 0.0145. The molecule has 31 heavy (non-hydrogen) atoms. The summed E-state index contributed by atoms with van der Waals surface area (Å²) in [5, 5.41) is 6.74. The first-order valence-corrected chi connectivity index (χ1v) is 11.1. The maximum absolute atomic E-state index is 12.1. The molecule has 1 amide bonds. The van der Waals surface area contributed by atoms with Crippen molar-refractivity contribution in [3.63, 3.8) is 0 Å². The second kappa shape index (κ2) is 16.7. The SMILES string of the molecule is CN=C(NCCCN1CCN(C(=O)OC(C)(C)C)CC1)NCCN(C)CCCOC.I. The lowest BCUT2D eigenvalue weighted by atomic mass is 10.2. The van der Waals surface area contributed by atoms with Crippen molar-refractivity contribution in [1.29, 1.82) is 0 Å². The molecular formula is C21H45IN6O3. The maximum atomic E-state index is 12.1. The summed E-state index contributed by atoms with van der Waals surface area (Å²) in [6, 6.07) is 0. The Balaban J connectivity index is 0.00000900. The number of guanidine groups is 1. The molecule has 1 heterocycles. The van der Waals surface area contributed by atoms with Gasteiger partial charge < -0.3 is 29.9 Å². The first-order valence-electron chi connectivity index (χ1n) is 11.1. The van der Waals surface area contributed by atoms with Crippen molar-refractivity contribution < 1.29 is 14.3 Å². The Morgan fingerprint density at radius 3 is 2.29 bits per heavy atom. The second-order valence-electron chi connectivity index (χ2n) is 8.74. The summed E-state index contributed by atoms with van der Waals surface area (Å²) in [4.78, 5) is 22.9. The van der Waals surface area contributed by atoms with Crippen LogP contribution in [0.25, 0.3) is 0 Å². The number of piperazine rings is 1. The number of carbonyl (C=O) groups excluding carboxylic acids is 1. The van der Waals surface area contributed by atoms with Crippen LogP contribution in [0, 0.1) is 0 Å². The number of nitrogens with one attached hydrogen (secondary N) is 2. The highest BCUT2D eigenvalue weighted by atomic mass is 127. The van der Waals surface area contributed by atoms with Gasteiger partial charge in [0.1, 0.15) is 5.60 Å². The number of halogens is 1. The van der Waals surface area contributed by atoms with Crippen molar-refractivity contribution in [2.24, 2.45) is 4.99 Å². The van der Waals surface area contributed by atoms with E-state index in [0.717, 1.165) is 84.3 Å². The molecule has 0 aromatic carbocycles. The van der Waals surface area contributed by atoms with Crippen LogP contribution in [0.4, 0.5) is 4.79 Å². The van der Waals surface area contributed by atoms with Gasteiger partial charge in [0.2, 0.25) is 0 Å². The molecule has 0 unspecified atom stereocenters. The number of nitrogens with zero attached hydrogens (tertiary/aromatic N) is 4. The third kappa shape index (κ3) is 14.8. The van der Waals surface area contributed by atoms with Gasteiger partial charge >= 0.3 is 6.09 Å². The molecule has 1 aliphatic heterocycles. The molecule has 0 aliphatic carbocycles. The van der Waals surface area contributed by atoms with Crippen LogP contribution < -0.4 is 10.6 Å². The third-order valence-electron chi connectivity index (χ3n) is 4.87. The summed E-state index contributed by atoms with van der Waals surface area (Å²) in [5.74, 6) is 0.843. The van der Waals surface area contributed by atoms with Crippen LogP contribution in [0.1, 0.15) is 33.6 Å². The average Bonchev–Trinajstić information content (AvgIpc) is 2.69. The van der Waals surface area contributed by atoms with Crippen molar-refractivity contribution in [2.75, 3.05) is 86.7 Å². The van der Waals surface area contributed by atoms with Crippen molar-refractivity contribution in [1.82, 2.24) is 25.3 Å². The van der Waals surface area contributed by atoms with E-state index in [2.05, 4.69) is 32.5 Å². The van der Waals surface area contributed by atoms with E-state index in [1.54, 1.807) is 19.1 Å². The predicted molar refractivity (Wildman–Crippen MR) is 138 cm³/mol. The number of ether oxygens (including phenoxy) is 2. The molecule has 0 aromatic rings. The largest absolute Gasteiger partial charge is 0.444 e. The van der Waals surface area contributed by atoms with Crippen LogP contribution in [0.15, 0.2) is 4.99 Å². The molecule has 0 radical (unpaired) electrons. The van der Waals surface area contributed by atoms with Crippen LogP contribution in [-0.2, 0) is 9.47 Å². The van der Waals surface area contributed by atoms with Gasteiger partial charge in [0.15, 0.2) is 5.96 Å². The minimum absolute atomic E-state index is 0. The molecule has 0 aromatic heterocycles. The topological polar surface area (TPSA) is 81.7 Å². The molecule has 9 nitrogen and oxygen atoms in total. The van der Waals surface area contributed by atoms with Gasteiger partial charge in [-0.2, -0.15) is 0 Å². The number of aliphatic imine (C=N–C) groups is 1. The minimum Gasteiger partial charge on any atom is -0.444 e. The Bertz CT molecular complexity index is 508. The predicted octanol–water partition coefficient (Wildman–Crippen LogP) is 1.68. The van der Waals surface area contributed by atoms with Crippen molar-refractivity contribution in [3.8, 4) is 0 Å². The van der Waals surface area contributed by atoms with E-state index in [0.29, 0.717) is 0 Å². The number of amides is 1. The molecule has 1 fully saturated rings. The molecule has 10 heteroatoms. The molecule has 0 atom stereocenters. The molecule has 1 saturated heterocycles. The summed E-state index contributed by atoms with van der Waals surface area (Å²) in [7, 11) is 5.66. The molecule has 0 bridgehead atoms. The van der Waals surface area contributed by atoms with E-state index in [9.17, 15) is 4.79 Å². The quantitative estimate of drug-likeness (QED) is 0.174. The number of hydrogen-bond acceptors (Lipinski definition) is 6. The second-order valence-corrected chi connectivity index (χ2v) is 8.74. The van der Waals surface area contributed by atoms with Gasteiger partial charge in [-0.15, -0.1) is 24.0 Å². The highest BCUT2D eigenvalue weighted by Gasteiger charge is 2.25. The lowest BCUT2D eigenvalue weighted by Gasteiger charge is -2.35. The van der Waals surface area contributed by atoms with Crippen LogP contribution in [-0.4, -0.2) is 119 Å². The van der Waals surface area contributed by atoms with E-state index in [1.807, 2.05) is 20.8 Å². The summed E-state index contributed by atoms with van der Waals surface area (Å²) in [6.45, 7) is 14.5. The zero-order valence-electron chi connectivity index (χ0n) is 20.4. The Hall–Kier alpha value is -0.850. The van der Waals surface area contributed by atoms with Gasteiger partial charge in [0.25, 0.3) is 0 Å². The Kier molecular flexibility index (Phi) is 16.3. The highest BCUT2D eigenvalue weighted by molar-refractivity contribution is 14.0. The number of carbonyl (C=O) groups is 1. The lowest BCUT2D eigenvalue weighted by Crippen LogP contribution is -2.50. The fraction of sp³-hybridized carbons (Fsp3) is 0.905. The zero-order valence-corrected chi connectivity index (χ0v) is 22.7. The number of hydrogen-bond donors (Lipinski definition) is 2. The monoisotopic (exact) mass is 556 g/mol. The van der Waals surface area contributed by atoms with Gasteiger partial charge in [-0.1, -0.05) is 0 Å². The van der Waals surface area contributed by atoms with E-state index in [-0.39, 0.29) is 30.1 Å². The Morgan fingerprint density at radius 1 is 1.06 bits per heavy atom. The van der Waals surface area contributed by atoms with Gasteiger partial charge in [0, 0.05) is 73.1 Å². The standard InChI is InChI=1S/C21H44N6O3.HI/c1-21(2,3)30-20(28)27-16-14-26(15-17-27)12-7-9-23-19(22-4)24-10-13-25(5)11-8-18-29-6;/h7-18H2,1-6H3,(H2,22,23,24);1H. The average molecular weight is 557 g/mol. The van der Waals surface area contributed by atoms with E-state index in [4.69, 9.17) is 9.47 Å². The molecule has 2 N–H and O–H groups in total. The first-order chi connectivity index (χ1) is 14.2. The van der Waals surface area contributed by atoms with E-state index < -0.39 is 5.60 Å². The van der Waals surface area contributed by atoms with Crippen molar-refractivity contribution in [2.45, 2.75) is 39.2 Å². The summed E-state index contributed by atoms with van der Waals surface area (Å²) >= 11 is 0. The fourth-order valence-corrected chi connectivity index (χ4v) is 3.17. The highest BCUT2D eigenvalue weighted by Crippen LogP contribution is 2.11. The third-order valence-corrected chi connectivity index (χ3v) is 4.87. The molecular weight excluding hydrogens is 511 g/mol. The van der Waals surface area contributed by atoms with Crippen LogP contribution in [0.3, 0.4) is 0 Å². The summed E-state index contributed by atoms with van der Waals surface area (Å²) < 4.78 is 10.5. The number of methoxy groups -OCH3 is 1. The van der Waals surface area contributed by atoms with E-state index in [1.165, 1.54) is 0 Å². The summed E-state index contributed by atoms with van der Waals surface area (Å²) in [5.41, 5.74) is -0.439. The van der Waals surface area contributed by atoms with Crippen molar-refractivity contribution >= 4 is 36.0 Å². The smallest absolute Gasteiger partial charge is 0.410 e. The molecule has 0 saturated carbocycles. The Labute approximate surface area is 206 Å². The van der Waals surface area contributed by atoms with Crippen LogP contribution in [0.5, 0.6) is 0 Å². The van der Waals surface area contributed by atoms with Gasteiger partial charge in [-0.05, 0) is 47.2 Å². The normalized spacial score (nSPS) is 15.6. The molecule has 1 aliphatic rings. The number of rotatable bonds is 11. The first kappa shape index (κ1) is 30.1. The molecule has 1 rings (SSSR count). The van der Waals surface area contributed by atoms with Crippen molar-refractivity contribution in [3.05, 3.63) is 0 Å². The fourth-order valence-electron chi connectivity index (χ4n) is 3.17.